The molecule has 2 aliphatic carbocycles. The van der Waals surface area contributed by atoms with Gasteiger partial charge in [0.25, 0.3) is 0 Å². The van der Waals surface area contributed by atoms with Gasteiger partial charge in [0, 0.05) is 25.0 Å². The molecule has 4 atom stereocenters. The molecule has 3 rings (SSSR count). The molecule has 0 aliphatic heterocycles. The molecule has 4 unspecified atom stereocenters. The van der Waals surface area contributed by atoms with Crippen LogP contribution in [0.4, 0.5) is 0 Å². The molecule has 2 fully saturated rings. The number of rotatable bonds is 1. The average Bonchev–Trinajstić information content (AvgIpc) is 2.73. The number of thiophene rings is 1. The zero-order chi connectivity index (χ0) is 14.2. The lowest BCUT2D eigenvalue weighted by molar-refractivity contribution is 0.134. The van der Waals surface area contributed by atoms with E-state index in [4.69, 9.17) is 0 Å². The van der Waals surface area contributed by atoms with Crippen molar-refractivity contribution in [1.29, 1.82) is 0 Å². The smallest absolute Gasteiger partial charge is 0.0349 e. The highest BCUT2D eigenvalue weighted by atomic mass is 79.9. The van der Waals surface area contributed by atoms with Crippen LogP contribution in [-0.4, -0.2) is 4.83 Å². The standard InChI is InChI=1S/C16H22Br2S/c1-8-11(13(17)9(2)19-8)12-14(18)10-6-7-16(12,5)15(10,3)4/h10,12,14H,6-7H2,1-5H3. The van der Waals surface area contributed by atoms with Gasteiger partial charge in [0.1, 0.15) is 0 Å². The Kier molecular flexibility index (Phi) is 3.33. The van der Waals surface area contributed by atoms with Crippen molar-refractivity contribution in [3.8, 4) is 0 Å². The van der Waals surface area contributed by atoms with E-state index < -0.39 is 0 Å². The zero-order valence-electron chi connectivity index (χ0n) is 12.3. The molecule has 0 amide bonds. The molecule has 2 aliphatic rings. The highest BCUT2D eigenvalue weighted by Crippen LogP contribution is 2.73. The van der Waals surface area contributed by atoms with Gasteiger partial charge < -0.3 is 0 Å². The third kappa shape index (κ3) is 1.67. The van der Waals surface area contributed by atoms with E-state index in [9.17, 15) is 0 Å². The van der Waals surface area contributed by atoms with Crippen LogP contribution in [0.2, 0.25) is 0 Å². The Hall–Kier alpha value is 0.660. The summed E-state index contributed by atoms with van der Waals surface area (Å²) in [6.45, 7) is 12.0. The summed E-state index contributed by atoms with van der Waals surface area (Å²) in [6, 6.07) is 0. The van der Waals surface area contributed by atoms with Crippen molar-refractivity contribution >= 4 is 43.2 Å². The average molecular weight is 406 g/mol. The Morgan fingerprint density at radius 1 is 1.16 bits per heavy atom. The van der Waals surface area contributed by atoms with Gasteiger partial charge in [-0.1, -0.05) is 36.7 Å². The van der Waals surface area contributed by atoms with Crippen LogP contribution in [0.5, 0.6) is 0 Å². The normalized spacial score (nSPS) is 40.1. The summed E-state index contributed by atoms with van der Waals surface area (Å²) in [7, 11) is 0. The van der Waals surface area contributed by atoms with E-state index in [2.05, 4.69) is 66.5 Å². The van der Waals surface area contributed by atoms with Crippen molar-refractivity contribution in [1.82, 2.24) is 0 Å². The number of fused-ring (bicyclic) bond motifs is 2. The number of hydrogen-bond donors (Lipinski definition) is 0. The summed E-state index contributed by atoms with van der Waals surface area (Å²) in [5.41, 5.74) is 2.45. The third-order valence-electron chi connectivity index (χ3n) is 6.30. The minimum atomic E-state index is 0.423. The predicted octanol–water partition coefficient (Wildman–Crippen LogP) is 6.43. The van der Waals surface area contributed by atoms with Gasteiger partial charge in [-0.2, -0.15) is 0 Å². The summed E-state index contributed by atoms with van der Waals surface area (Å²) >= 11 is 9.88. The van der Waals surface area contributed by atoms with Crippen molar-refractivity contribution in [3.63, 3.8) is 0 Å². The molecule has 0 radical (unpaired) electrons. The number of alkyl halides is 1. The molecule has 3 heteroatoms. The van der Waals surface area contributed by atoms with E-state index in [0.717, 1.165) is 5.92 Å². The quantitative estimate of drug-likeness (QED) is 0.472. The highest BCUT2D eigenvalue weighted by molar-refractivity contribution is 9.10. The van der Waals surface area contributed by atoms with Gasteiger partial charge in [0.15, 0.2) is 0 Å². The SMILES string of the molecule is Cc1sc(C)c(C2C(Br)C3CCC2(C)C3(C)C)c1Br. The Bertz CT molecular complexity index is 531. The van der Waals surface area contributed by atoms with Gasteiger partial charge in [-0.25, -0.2) is 0 Å². The molecular formula is C16H22Br2S. The molecule has 2 bridgehead atoms. The van der Waals surface area contributed by atoms with Gasteiger partial charge in [-0.05, 0) is 64.9 Å². The van der Waals surface area contributed by atoms with Crippen molar-refractivity contribution in [3.05, 3.63) is 19.8 Å². The molecule has 0 nitrogen and oxygen atoms in total. The minimum Gasteiger partial charge on any atom is -0.144 e. The topological polar surface area (TPSA) is 0 Å². The Balaban J connectivity index is 2.17. The lowest BCUT2D eigenvalue weighted by Crippen LogP contribution is -2.32. The van der Waals surface area contributed by atoms with Crippen LogP contribution in [0, 0.1) is 30.6 Å². The van der Waals surface area contributed by atoms with E-state index in [1.165, 1.54) is 27.1 Å². The van der Waals surface area contributed by atoms with Crippen molar-refractivity contribution in [2.45, 2.75) is 58.2 Å². The minimum absolute atomic E-state index is 0.423. The lowest BCUT2D eigenvalue weighted by Gasteiger charge is -2.40. The van der Waals surface area contributed by atoms with Gasteiger partial charge in [0.05, 0.1) is 0 Å². The van der Waals surface area contributed by atoms with E-state index >= 15 is 0 Å². The van der Waals surface area contributed by atoms with E-state index in [-0.39, 0.29) is 0 Å². The monoisotopic (exact) mass is 404 g/mol. The number of halogens is 2. The summed E-state index contributed by atoms with van der Waals surface area (Å²) < 4.78 is 1.37. The first-order chi connectivity index (χ1) is 8.72. The number of hydrogen-bond acceptors (Lipinski definition) is 1. The van der Waals surface area contributed by atoms with Crippen molar-refractivity contribution < 1.29 is 0 Å². The first kappa shape index (κ1) is 14.6. The van der Waals surface area contributed by atoms with Crippen molar-refractivity contribution in [2.24, 2.45) is 16.7 Å². The summed E-state index contributed by atoms with van der Waals surface area (Å²) in [6.07, 6.45) is 2.76. The number of aryl methyl sites for hydroxylation is 2. The highest BCUT2D eigenvalue weighted by Gasteiger charge is 2.66. The van der Waals surface area contributed by atoms with Crippen molar-refractivity contribution in [2.75, 3.05) is 0 Å². The van der Waals surface area contributed by atoms with Crippen LogP contribution < -0.4 is 0 Å². The van der Waals surface area contributed by atoms with Crippen LogP contribution in [-0.2, 0) is 0 Å². The molecule has 0 spiro atoms. The molecule has 19 heavy (non-hydrogen) atoms. The molecule has 0 saturated heterocycles. The molecule has 2 saturated carbocycles. The Labute approximate surface area is 137 Å². The molecule has 1 aromatic heterocycles. The second-order valence-corrected chi connectivity index (χ2v) is 10.4. The predicted molar refractivity (Wildman–Crippen MR) is 91.6 cm³/mol. The fourth-order valence-electron chi connectivity index (χ4n) is 4.77. The summed E-state index contributed by atoms with van der Waals surface area (Å²) in [4.78, 5) is 3.56. The summed E-state index contributed by atoms with van der Waals surface area (Å²) in [5, 5.41) is 0. The Morgan fingerprint density at radius 3 is 2.21 bits per heavy atom. The molecule has 1 heterocycles. The lowest BCUT2D eigenvalue weighted by atomic mass is 9.65. The molecule has 1 aromatic rings. The van der Waals surface area contributed by atoms with E-state index in [0.29, 0.717) is 21.6 Å². The maximum absolute atomic E-state index is 4.07. The maximum atomic E-state index is 4.07. The molecule has 0 N–H and O–H groups in total. The summed E-state index contributed by atoms with van der Waals surface area (Å²) in [5.74, 6) is 1.47. The van der Waals surface area contributed by atoms with Gasteiger partial charge in [-0.15, -0.1) is 11.3 Å². The molecule has 106 valence electrons. The fraction of sp³-hybridized carbons (Fsp3) is 0.750. The van der Waals surface area contributed by atoms with Crippen LogP contribution in [0.15, 0.2) is 4.47 Å². The van der Waals surface area contributed by atoms with Gasteiger partial charge in [0.2, 0.25) is 0 Å². The van der Waals surface area contributed by atoms with Crippen LogP contribution in [0.3, 0.4) is 0 Å². The largest absolute Gasteiger partial charge is 0.144 e. The molecule has 0 aromatic carbocycles. The second-order valence-electron chi connectivity index (χ2n) is 7.15. The zero-order valence-corrected chi connectivity index (χ0v) is 16.3. The fourth-order valence-corrected chi connectivity index (χ4v) is 8.45. The van der Waals surface area contributed by atoms with Gasteiger partial charge >= 0.3 is 0 Å². The second kappa shape index (κ2) is 4.33. The maximum Gasteiger partial charge on any atom is 0.0349 e. The van der Waals surface area contributed by atoms with E-state index in [1.54, 1.807) is 5.56 Å². The van der Waals surface area contributed by atoms with Crippen LogP contribution in [0.25, 0.3) is 0 Å². The van der Waals surface area contributed by atoms with E-state index in [1.807, 2.05) is 11.3 Å². The first-order valence-electron chi connectivity index (χ1n) is 7.11. The third-order valence-corrected chi connectivity index (χ3v) is 9.79. The van der Waals surface area contributed by atoms with Crippen LogP contribution in [0.1, 0.15) is 54.8 Å². The first-order valence-corrected chi connectivity index (χ1v) is 9.64. The van der Waals surface area contributed by atoms with Gasteiger partial charge in [-0.3, -0.25) is 0 Å². The molecular weight excluding hydrogens is 384 g/mol. The van der Waals surface area contributed by atoms with Crippen LogP contribution >= 0.6 is 43.2 Å². The Morgan fingerprint density at radius 2 is 1.79 bits per heavy atom.